The van der Waals surface area contributed by atoms with Gasteiger partial charge in [-0.15, -0.1) is 0 Å². The largest absolute Gasteiger partial charge is 0.481 e. The summed E-state index contributed by atoms with van der Waals surface area (Å²) in [5, 5.41) is 11.8. The Morgan fingerprint density at radius 1 is 1.14 bits per heavy atom. The number of nitrogens with zero attached hydrogens (tertiary/aromatic N) is 1. The molecule has 0 saturated carbocycles. The number of aliphatic carboxylic acids is 1. The Kier molecular flexibility index (Phi) is 7.45. The van der Waals surface area contributed by atoms with Crippen molar-refractivity contribution in [3.63, 3.8) is 0 Å². The van der Waals surface area contributed by atoms with Crippen molar-refractivity contribution in [2.45, 2.75) is 70.4 Å². The van der Waals surface area contributed by atoms with Gasteiger partial charge in [0.25, 0.3) is 5.91 Å². The fraction of sp³-hybridized carbons (Fsp3) is 0.464. The molecule has 0 bridgehead atoms. The SMILES string of the molecule is COCc1ccc2c(c1)CCN(C(=O)CCCC(=O)O)C2C(=O)Nc1cc(F)c2c(c1)CCC2(C)C. The number of amides is 2. The highest BCUT2D eigenvalue weighted by molar-refractivity contribution is 5.98. The summed E-state index contributed by atoms with van der Waals surface area (Å²) in [4.78, 5) is 39.1. The van der Waals surface area contributed by atoms with Gasteiger partial charge in [-0.1, -0.05) is 32.0 Å². The number of carbonyl (C=O) groups excluding carboxylic acids is 2. The fourth-order valence-electron chi connectivity index (χ4n) is 5.50. The molecular formula is C28H33FN2O5. The molecule has 1 heterocycles. The van der Waals surface area contributed by atoms with Gasteiger partial charge in [-0.25, -0.2) is 4.39 Å². The van der Waals surface area contributed by atoms with Gasteiger partial charge in [0.05, 0.1) is 6.61 Å². The van der Waals surface area contributed by atoms with Crippen molar-refractivity contribution in [3.05, 3.63) is 64.0 Å². The molecule has 2 amide bonds. The summed E-state index contributed by atoms with van der Waals surface area (Å²) in [6.07, 6.45) is 2.28. The summed E-state index contributed by atoms with van der Waals surface area (Å²) in [6, 6.07) is 8.00. The first-order valence-electron chi connectivity index (χ1n) is 12.4. The van der Waals surface area contributed by atoms with E-state index >= 15 is 4.39 Å². The van der Waals surface area contributed by atoms with E-state index in [-0.39, 0.29) is 36.4 Å². The minimum absolute atomic E-state index is 0.0374. The van der Waals surface area contributed by atoms with E-state index in [1.807, 2.05) is 38.1 Å². The van der Waals surface area contributed by atoms with Crippen LogP contribution in [-0.4, -0.2) is 41.4 Å². The molecule has 2 N–H and O–H groups in total. The number of carboxylic acids is 1. The van der Waals surface area contributed by atoms with Crippen molar-refractivity contribution in [1.82, 2.24) is 4.90 Å². The Morgan fingerprint density at radius 3 is 2.64 bits per heavy atom. The predicted molar refractivity (Wildman–Crippen MR) is 133 cm³/mol. The summed E-state index contributed by atoms with van der Waals surface area (Å²) in [5.74, 6) is -1.99. The van der Waals surface area contributed by atoms with Crippen LogP contribution in [0.1, 0.15) is 73.4 Å². The molecule has 7 nitrogen and oxygen atoms in total. The molecule has 4 rings (SSSR count). The molecule has 1 unspecified atom stereocenters. The number of halogens is 1. The van der Waals surface area contributed by atoms with Gasteiger partial charge in [0.15, 0.2) is 0 Å². The number of aryl methyl sites for hydroxylation is 1. The molecule has 0 fully saturated rings. The minimum atomic E-state index is -0.964. The highest BCUT2D eigenvalue weighted by Gasteiger charge is 2.37. The zero-order valence-corrected chi connectivity index (χ0v) is 21.0. The molecule has 1 aliphatic carbocycles. The minimum Gasteiger partial charge on any atom is -0.481 e. The number of methoxy groups -OCH3 is 1. The van der Waals surface area contributed by atoms with Crippen LogP contribution in [-0.2, 0) is 44.0 Å². The summed E-state index contributed by atoms with van der Waals surface area (Å²) >= 11 is 0. The maximum absolute atomic E-state index is 15.0. The topological polar surface area (TPSA) is 95.9 Å². The Morgan fingerprint density at radius 2 is 1.92 bits per heavy atom. The summed E-state index contributed by atoms with van der Waals surface area (Å²) in [6.45, 7) is 4.81. The van der Waals surface area contributed by atoms with Crippen molar-refractivity contribution in [2.75, 3.05) is 19.0 Å². The van der Waals surface area contributed by atoms with Crippen LogP contribution in [0.25, 0.3) is 0 Å². The number of rotatable bonds is 8. The number of nitrogens with one attached hydrogen (secondary N) is 1. The highest BCUT2D eigenvalue weighted by atomic mass is 19.1. The van der Waals surface area contributed by atoms with Crippen molar-refractivity contribution >= 4 is 23.5 Å². The maximum atomic E-state index is 15.0. The molecule has 0 saturated heterocycles. The number of ether oxygens (including phenoxy) is 1. The Balaban J connectivity index is 1.63. The van der Waals surface area contributed by atoms with Crippen molar-refractivity contribution in [1.29, 1.82) is 0 Å². The third-order valence-corrected chi connectivity index (χ3v) is 7.23. The summed E-state index contributed by atoms with van der Waals surface area (Å²) in [7, 11) is 1.62. The van der Waals surface area contributed by atoms with Gasteiger partial charge in [0.1, 0.15) is 11.9 Å². The Labute approximate surface area is 210 Å². The normalized spacial score (nSPS) is 17.9. The van der Waals surface area contributed by atoms with Gasteiger partial charge in [-0.2, -0.15) is 0 Å². The quantitative estimate of drug-likeness (QED) is 0.561. The molecular weight excluding hydrogens is 463 g/mol. The van der Waals surface area contributed by atoms with E-state index in [1.165, 1.54) is 11.0 Å². The second kappa shape index (κ2) is 10.4. The van der Waals surface area contributed by atoms with E-state index in [2.05, 4.69) is 5.32 Å². The predicted octanol–water partition coefficient (Wildman–Crippen LogP) is 4.52. The van der Waals surface area contributed by atoms with Crippen molar-refractivity contribution in [2.24, 2.45) is 0 Å². The van der Waals surface area contributed by atoms with Gasteiger partial charge >= 0.3 is 5.97 Å². The van der Waals surface area contributed by atoms with Crippen molar-refractivity contribution in [3.8, 4) is 0 Å². The monoisotopic (exact) mass is 496 g/mol. The molecule has 36 heavy (non-hydrogen) atoms. The van der Waals surface area contributed by atoms with Gasteiger partial charge in [0, 0.05) is 32.2 Å². The van der Waals surface area contributed by atoms with Crippen LogP contribution in [0.3, 0.4) is 0 Å². The number of fused-ring (bicyclic) bond motifs is 2. The number of benzene rings is 2. The summed E-state index contributed by atoms with van der Waals surface area (Å²) < 4.78 is 20.3. The Hall–Kier alpha value is -3.26. The first kappa shape index (κ1) is 25.8. The lowest BCUT2D eigenvalue weighted by Gasteiger charge is -2.37. The standard InChI is InChI=1S/C28H33FN2O5/c1-28(2)11-9-19-14-20(15-22(29)25(19)28)30-27(35)26-21-8-7-17(16-36-3)13-18(21)10-12-31(26)23(32)5-4-6-24(33)34/h7-8,13-15,26H,4-6,9-12,16H2,1-3H3,(H,30,35)(H,33,34). The average molecular weight is 497 g/mol. The van der Waals surface area contributed by atoms with E-state index in [9.17, 15) is 14.4 Å². The zero-order chi connectivity index (χ0) is 26.0. The second-order valence-corrected chi connectivity index (χ2v) is 10.3. The maximum Gasteiger partial charge on any atom is 0.303 e. The van der Waals surface area contributed by atoms with Gasteiger partial charge < -0.3 is 20.1 Å². The lowest BCUT2D eigenvalue weighted by Crippen LogP contribution is -2.45. The molecule has 2 aliphatic rings. The van der Waals surface area contributed by atoms with E-state index in [1.54, 1.807) is 7.11 Å². The number of hydrogen-bond donors (Lipinski definition) is 2. The van der Waals surface area contributed by atoms with E-state index in [0.717, 1.165) is 29.5 Å². The molecule has 0 spiro atoms. The first-order valence-corrected chi connectivity index (χ1v) is 12.4. The van der Waals surface area contributed by atoms with E-state index in [0.29, 0.717) is 36.4 Å². The highest BCUT2D eigenvalue weighted by Crippen LogP contribution is 2.41. The lowest BCUT2D eigenvalue weighted by molar-refractivity contribution is -0.140. The van der Waals surface area contributed by atoms with Gasteiger partial charge in [0.2, 0.25) is 5.91 Å². The smallest absolute Gasteiger partial charge is 0.303 e. The molecule has 8 heteroatoms. The number of carboxylic acid groups (broad SMARTS) is 1. The number of hydrogen-bond acceptors (Lipinski definition) is 4. The van der Waals surface area contributed by atoms with Crippen LogP contribution in [0.2, 0.25) is 0 Å². The van der Waals surface area contributed by atoms with E-state index < -0.39 is 17.9 Å². The first-order chi connectivity index (χ1) is 17.1. The third-order valence-electron chi connectivity index (χ3n) is 7.23. The van der Waals surface area contributed by atoms with Gasteiger partial charge in [-0.3, -0.25) is 14.4 Å². The molecule has 2 aromatic carbocycles. The average Bonchev–Trinajstić information content (AvgIpc) is 3.12. The summed E-state index contributed by atoms with van der Waals surface area (Å²) in [5.41, 5.74) is 4.36. The number of carbonyl (C=O) groups is 3. The molecule has 0 aromatic heterocycles. The van der Waals surface area contributed by atoms with Crippen LogP contribution >= 0.6 is 0 Å². The zero-order valence-electron chi connectivity index (χ0n) is 21.0. The molecule has 1 atom stereocenters. The van der Waals surface area contributed by atoms with Gasteiger partial charge in [-0.05, 0) is 71.0 Å². The fourth-order valence-corrected chi connectivity index (χ4v) is 5.50. The second-order valence-electron chi connectivity index (χ2n) is 10.3. The van der Waals surface area contributed by atoms with Crippen LogP contribution in [0.15, 0.2) is 30.3 Å². The van der Waals surface area contributed by atoms with Crippen LogP contribution < -0.4 is 5.32 Å². The van der Waals surface area contributed by atoms with E-state index in [4.69, 9.17) is 9.84 Å². The van der Waals surface area contributed by atoms with Crippen LogP contribution in [0.5, 0.6) is 0 Å². The third kappa shape index (κ3) is 5.28. The number of anilines is 1. The Bertz CT molecular complexity index is 1190. The van der Waals surface area contributed by atoms with Crippen LogP contribution in [0.4, 0.5) is 10.1 Å². The molecule has 192 valence electrons. The molecule has 2 aromatic rings. The van der Waals surface area contributed by atoms with Crippen LogP contribution in [0, 0.1) is 5.82 Å². The van der Waals surface area contributed by atoms with Crippen molar-refractivity contribution < 1.29 is 28.6 Å². The lowest BCUT2D eigenvalue weighted by atomic mass is 9.86. The molecule has 0 radical (unpaired) electrons. The molecule has 1 aliphatic heterocycles.